The summed E-state index contributed by atoms with van der Waals surface area (Å²) in [6.07, 6.45) is 0. The summed E-state index contributed by atoms with van der Waals surface area (Å²) in [5.41, 5.74) is 0.249. The molecular weight excluding hydrogens is 340 g/mol. The normalized spacial score (nSPS) is 11.7. The zero-order valence-corrected chi connectivity index (χ0v) is 13.8. The number of fused-ring (bicyclic) bond motifs is 6. The van der Waals surface area contributed by atoms with E-state index in [1.807, 2.05) is 18.2 Å². The zero-order valence-electron chi connectivity index (χ0n) is 13.0. The second-order valence-electron chi connectivity index (χ2n) is 5.55. The van der Waals surface area contributed by atoms with Crippen molar-refractivity contribution < 1.29 is 9.15 Å². The van der Waals surface area contributed by atoms with Crippen molar-refractivity contribution in [3.05, 3.63) is 63.2 Å². The molecule has 3 aromatic heterocycles. The van der Waals surface area contributed by atoms with Crippen LogP contribution in [0, 0.1) is 0 Å². The highest BCUT2D eigenvalue weighted by Crippen LogP contribution is 2.32. The lowest BCUT2D eigenvalue weighted by Gasteiger charge is -2.04. The van der Waals surface area contributed by atoms with Gasteiger partial charge in [0.1, 0.15) is 16.8 Å². The highest BCUT2D eigenvalue weighted by Gasteiger charge is 2.19. The maximum Gasteiger partial charge on any atom is 0.351 e. The molecule has 122 valence electrons. The van der Waals surface area contributed by atoms with Gasteiger partial charge in [0.25, 0.3) is 5.56 Å². The van der Waals surface area contributed by atoms with E-state index in [1.165, 1.54) is 15.7 Å². The van der Waals surface area contributed by atoms with Crippen LogP contribution in [0.4, 0.5) is 0 Å². The van der Waals surface area contributed by atoms with E-state index in [0.29, 0.717) is 32.7 Å². The Hall–Kier alpha value is -3.19. The molecule has 0 radical (unpaired) electrons. The van der Waals surface area contributed by atoms with Gasteiger partial charge < -0.3 is 9.15 Å². The molecule has 3 heterocycles. The van der Waals surface area contributed by atoms with E-state index in [1.54, 1.807) is 31.4 Å². The van der Waals surface area contributed by atoms with E-state index in [0.717, 1.165) is 4.70 Å². The minimum absolute atomic E-state index is 0.0539. The van der Waals surface area contributed by atoms with Crippen molar-refractivity contribution in [3.63, 3.8) is 0 Å². The van der Waals surface area contributed by atoms with Gasteiger partial charge in [-0.25, -0.2) is 14.2 Å². The van der Waals surface area contributed by atoms with Crippen molar-refractivity contribution in [2.45, 2.75) is 0 Å². The molecule has 0 fully saturated rings. The molecule has 5 aromatic rings. The van der Waals surface area contributed by atoms with Crippen LogP contribution in [0.5, 0.6) is 5.75 Å². The number of rotatable bonds is 1. The van der Waals surface area contributed by atoms with Crippen LogP contribution in [-0.2, 0) is 0 Å². The molecule has 0 spiro atoms. The Morgan fingerprint density at radius 3 is 2.80 bits per heavy atom. The number of hydrogen-bond acceptors (Lipinski definition) is 6. The summed E-state index contributed by atoms with van der Waals surface area (Å²) >= 11 is 1.37. The molecule has 2 aromatic carbocycles. The lowest BCUT2D eigenvalue weighted by Crippen LogP contribution is -2.20. The van der Waals surface area contributed by atoms with Crippen LogP contribution < -0.4 is 15.9 Å². The Morgan fingerprint density at radius 1 is 1.12 bits per heavy atom. The maximum atomic E-state index is 13.1. The molecule has 0 aliphatic rings. The monoisotopic (exact) mass is 350 g/mol. The lowest BCUT2D eigenvalue weighted by molar-refractivity contribution is 0.418. The molecule has 0 aliphatic heterocycles. The largest absolute Gasteiger partial charge is 0.495 e. The van der Waals surface area contributed by atoms with Crippen molar-refractivity contribution >= 4 is 48.4 Å². The summed E-state index contributed by atoms with van der Waals surface area (Å²) in [5, 5.41) is 0.586. The Morgan fingerprint density at radius 2 is 1.96 bits per heavy atom. The van der Waals surface area contributed by atoms with Crippen LogP contribution >= 0.6 is 11.3 Å². The number of aromatic nitrogens is 2. The quantitative estimate of drug-likeness (QED) is 0.343. The summed E-state index contributed by atoms with van der Waals surface area (Å²) < 4.78 is 13.0. The van der Waals surface area contributed by atoms with E-state index in [-0.39, 0.29) is 5.39 Å². The van der Waals surface area contributed by atoms with Crippen molar-refractivity contribution in [1.29, 1.82) is 0 Å². The molecule has 0 N–H and O–H groups in total. The van der Waals surface area contributed by atoms with Crippen LogP contribution in [0.1, 0.15) is 0 Å². The van der Waals surface area contributed by atoms with Crippen molar-refractivity contribution in [2.75, 3.05) is 7.11 Å². The summed E-state index contributed by atoms with van der Waals surface area (Å²) in [6.45, 7) is 0. The molecule has 0 saturated carbocycles. The highest BCUT2D eigenvalue weighted by molar-refractivity contribution is 7.23. The minimum atomic E-state index is -0.685. The van der Waals surface area contributed by atoms with Crippen LogP contribution in [0.25, 0.3) is 37.0 Å². The van der Waals surface area contributed by atoms with Crippen LogP contribution in [-0.4, -0.2) is 16.5 Å². The molecule has 25 heavy (non-hydrogen) atoms. The third-order valence-corrected chi connectivity index (χ3v) is 5.21. The number of thiazole rings is 1. The molecule has 5 rings (SSSR count). The third kappa shape index (κ3) is 1.81. The van der Waals surface area contributed by atoms with E-state index >= 15 is 0 Å². The third-order valence-electron chi connectivity index (χ3n) is 4.21. The van der Waals surface area contributed by atoms with Crippen LogP contribution in [0.15, 0.2) is 56.5 Å². The fourth-order valence-corrected chi connectivity index (χ4v) is 4.15. The first kappa shape index (κ1) is 14.2. The van der Waals surface area contributed by atoms with Gasteiger partial charge in [0, 0.05) is 5.39 Å². The average molecular weight is 350 g/mol. The van der Waals surface area contributed by atoms with Gasteiger partial charge in [-0.3, -0.25) is 4.79 Å². The van der Waals surface area contributed by atoms with E-state index < -0.39 is 11.2 Å². The minimum Gasteiger partial charge on any atom is -0.495 e. The Balaban J connectivity index is 2.14. The van der Waals surface area contributed by atoms with Gasteiger partial charge in [0.2, 0.25) is 0 Å². The Bertz CT molecular complexity index is 1430. The molecule has 0 bridgehead atoms. The van der Waals surface area contributed by atoms with Gasteiger partial charge in [0.05, 0.1) is 17.3 Å². The summed E-state index contributed by atoms with van der Waals surface area (Å²) in [7, 11) is 1.54. The van der Waals surface area contributed by atoms with Gasteiger partial charge in [-0.2, -0.15) is 0 Å². The van der Waals surface area contributed by atoms with Gasteiger partial charge in [-0.1, -0.05) is 29.5 Å². The highest BCUT2D eigenvalue weighted by atomic mass is 32.1. The summed E-state index contributed by atoms with van der Waals surface area (Å²) in [5.74, 6) is 0.553. The predicted molar refractivity (Wildman–Crippen MR) is 96.9 cm³/mol. The lowest BCUT2D eigenvalue weighted by atomic mass is 10.2. The fourth-order valence-electron chi connectivity index (χ4n) is 3.12. The van der Waals surface area contributed by atoms with Crippen molar-refractivity contribution in [1.82, 2.24) is 9.38 Å². The number of benzene rings is 2. The SMILES string of the molecule is COc1cccc2sc3nc4c(c(=O)oc5ccccc54)c(=O)n3c12. The molecule has 0 aliphatic carbocycles. The number of ether oxygens (including phenoxy) is 1. The topological polar surface area (TPSA) is 73.8 Å². The van der Waals surface area contributed by atoms with Gasteiger partial charge in [-0.05, 0) is 24.3 Å². The first-order chi connectivity index (χ1) is 12.2. The molecule has 0 saturated heterocycles. The van der Waals surface area contributed by atoms with Crippen molar-refractivity contribution in [3.8, 4) is 5.75 Å². The second kappa shape index (κ2) is 4.90. The smallest absolute Gasteiger partial charge is 0.351 e. The molecule has 6 nitrogen and oxygen atoms in total. The molecule has 0 atom stereocenters. The van der Waals surface area contributed by atoms with E-state index in [2.05, 4.69) is 4.98 Å². The standard InChI is InChI=1S/C18H10N2O4S/c1-23-11-7-4-8-12-15(11)20-16(21)13-14(19-18(20)25-12)9-5-2-3-6-10(9)24-17(13)22/h2-8H,1H3. The second-order valence-corrected chi connectivity index (χ2v) is 6.56. The van der Waals surface area contributed by atoms with Gasteiger partial charge in [-0.15, -0.1) is 0 Å². The summed E-state index contributed by atoms with van der Waals surface area (Å²) in [4.78, 5) is 30.6. The number of methoxy groups -OCH3 is 1. The van der Waals surface area contributed by atoms with Crippen LogP contribution in [0.3, 0.4) is 0 Å². The Labute approximate surface area is 143 Å². The number of para-hydroxylation sites is 2. The van der Waals surface area contributed by atoms with Gasteiger partial charge in [0.15, 0.2) is 10.3 Å². The molecular formula is C18H10N2O4S. The number of nitrogens with zero attached hydrogens (tertiary/aromatic N) is 2. The first-order valence-corrected chi connectivity index (χ1v) is 8.34. The fraction of sp³-hybridized carbons (Fsp3) is 0.0556. The van der Waals surface area contributed by atoms with Crippen LogP contribution in [0.2, 0.25) is 0 Å². The number of hydrogen-bond donors (Lipinski definition) is 0. The zero-order chi connectivity index (χ0) is 17.1. The van der Waals surface area contributed by atoms with E-state index in [4.69, 9.17) is 9.15 Å². The van der Waals surface area contributed by atoms with Crippen molar-refractivity contribution in [2.24, 2.45) is 0 Å². The predicted octanol–water partition coefficient (Wildman–Crippen LogP) is 3.18. The van der Waals surface area contributed by atoms with Gasteiger partial charge >= 0.3 is 5.63 Å². The molecule has 0 amide bonds. The van der Waals surface area contributed by atoms with E-state index in [9.17, 15) is 9.59 Å². The average Bonchev–Trinajstić information content (AvgIpc) is 3.00. The molecule has 7 heteroatoms. The first-order valence-electron chi connectivity index (χ1n) is 7.53. The summed E-state index contributed by atoms with van der Waals surface area (Å²) in [6, 6.07) is 12.6. The maximum absolute atomic E-state index is 13.1. The Kier molecular flexibility index (Phi) is 2.78. The molecule has 0 unspecified atom stereocenters.